The summed E-state index contributed by atoms with van der Waals surface area (Å²) in [4.78, 5) is 12.3. The second-order valence-corrected chi connectivity index (χ2v) is 10.6. The number of hydrogen-bond acceptors (Lipinski definition) is 4. The highest BCUT2D eigenvalue weighted by Gasteiger charge is 2.31. The minimum absolute atomic E-state index is 0.0311. The first-order valence-corrected chi connectivity index (χ1v) is 12.6. The Kier molecular flexibility index (Phi) is 6.98. The number of sulfonamides is 1. The highest BCUT2D eigenvalue weighted by atomic mass is 35.5. The minimum atomic E-state index is -3.80. The predicted octanol–water partition coefficient (Wildman–Crippen LogP) is 6.07. The van der Waals surface area contributed by atoms with E-state index in [4.69, 9.17) is 51.1 Å². The van der Waals surface area contributed by atoms with E-state index in [9.17, 15) is 13.2 Å². The smallest absolute Gasteiger partial charge is 0.264 e. The predicted molar refractivity (Wildman–Crippen MR) is 132 cm³/mol. The summed E-state index contributed by atoms with van der Waals surface area (Å²) in [5.74, 6) is -0.357. The summed E-state index contributed by atoms with van der Waals surface area (Å²) >= 11 is 24.1. The van der Waals surface area contributed by atoms with Crippen molar-refractivity contribution in [3.05, 3.63) is 80.3 Å². The molecule has 0 fully saturated rings. The standard InChI is InChI=1S/C22H16Cl4N2O4S/c23-15-10-17(25)19(11-16(15)24)27-22(29)12-32-21-6-5-14(9-18(21)26)33(30,31)28-8-7-13-3-1-2-4-20(13)28/h1-6,9-11H,7-8,12H2,(H,27,29). The topological polar surface area (TPSA) is 75.7 Å². The molecule has 1 N–H and O–H groups in total. The lowest BCUT2D eigenvalue weighted by Gasteiger charge is -2.20. The number of nitrogens with one attached hydrogen (secondary N) is 1. The van der Waals surface area contributed by atoms with Crippen LogP contribution in [0.3, 0.4) is 0 Å². The molecular weight excluding hydrogens is 530 g/mol. The van der Waals surface area contributed by atoms with Gasteiger partial charge in [-0.2, -0.15) is 0 Å². The van der Waals surface area contributed by atoms with Crippen molar-refractivity contribution in [1.82, 2.24) is 0 Å². The zero-order valence-electron chi connectivity index (χ0n) is 16.8. The number of benzene rings is 3. The van der Waals surface area contributed by atoms with Gasteiger partial charge in [-0.3, -0.25) is 9.10 Å². The number of hydrogen-bond donors (Lipinski definition) is 1. The highest BCUT2D eigenvalue weighted by molar-refractivity contribution is 7.92. The molecule has 1 heterocycles. The molecule has 6 nitrogen and oxygen atoms in total. The highest BCUT2D eigenvalue weighted by Crippen LogP contribution is 2.35. The molecule has 0 unspecified atom stereocenters. The van der Waals surface area contributed by atoms with Crippen LogP contribution in [0.15, 0.2) is 59.5 Å². The first kappa shape index (κ1) is 24.0. The third-order valence-electron chi connectivity index (χ3n) is 4.98. The Labute approximate surface area is 211 Å². The van der Waals surface area contributed by atoms with Crippen molar-refractivity contribution in [1.29, 1.82) is 0 Å². The van der Waals surface area contributed by atoms with Crippen LogP contribution in [0.5, 0.6) is 5.75 Å². The average molecular weight is 546 g/mol. The second-order valence-electron chi connectivity index (χ2n) is 7.13. The van der Waals surface area contributed by atoms with Crippen molar-refractivity contribution in [3.8, 4) is 5.75 Å². The van der Waals surface area contributed by atoms with Gasteiger partial charge in [0.2, 0.25) is 0 Å². The van der Waals surface area contributed by atoms with Crippen molar-refractivity contribution < 1.29 is 17.9 Å². The maximum Gasteiger partial charge on any atom is 0.264 e. The maximum absolute atomic E-state index is 13.1. The van der Waals surface area contributed by atoms with Gasteiger partial charge in [0.05, 0.1) is 36.4 Å². The van der Waals surface area contributed by atoms with Crippen LogP contribution in [-0.4, -0.2) is 27.5 Å². The van der Waals surface area contributed by atoms with Gasteiger partial charge in [-0.25, -0.2) is 8.42 Å². The molecule has 0 saturated carbocycles. The molecule has 0 atom stereocenters. The van der Waals surface area contributed by atoms with E-state index in [-0.39, 0.29) is 43.0 Å². The second kappa shape index (κ2) is 9.60. The number of para-hydroxylation sites is 1. The Bertz CT molecular complexity index is 1350. The lowest BCUT2D eigenvalue weighted by molar-refractivity contribution is -0.118. The Morgan fingerprint density at radius 2 is 1.67 bits per heavy atom. The number of carbonyl (C=O) groups excluding carboxylic acids is 1. The lowest BCUT2D eigenvalue weighted by atomic mass is 10.2. The number of fused-ring (bicyclic) bond motifs is 1. The number of carbonyl (C=O) groups is 1. The van der Waals surface area contributed by atoms with E-state index in [1.807, 2.05) is 12.1 Å². The Morgan fingerprint density at radius 1 is 0.939 bits per heavy atom. The van der Waals surface area contributed by atoms with E-state index < -0.39 is 15.9 Å². The van der Waals surface area contributed by atoms with Gasteiger partial charge >= 0.3 is 0 Å². The van der Waals surface area contributed by atoms with Gasteiger partial charge in [-0.1, -0.05) is 64.6 Å². The number of ether oxygens (including phenoxy) is 1. The Balaban J connectivity index is 1.45. The number of anilines is 2. The molecule has 33 heavy (non-hydrogen) atoms. The third kappa shape index (κ3) is 5.03. The van der Waals surface area contributed by atoms with Gasteiger partial charge in [0.15, 0.2) is 6.61 Å². The van der Waals surface area contributed by atoms with Crippen molar-refractivity contribution >= 4 is 73.7 Å². The molecule has 1 amide bonds. The van der Waals surface area contributed by atoms with Crippen LogP contribution in [-0.2, 0) is 21.2 Å². The molecule has 0 radical (unpaired) electrons. The average Bonchev–Trinajstić information content (AvgIpc) is 3.21. The summed E-state index contributed by atoms with van der Waals surface area (Å²) in [5, 5.41) is 3.33. The normalized spacial score (nSPS) is 13.0. The van der Waals surface area contributed by atoms with E-state index in [1.54, 1.807) is 12.1 Å². The largest absolute Gasteiger partial charge is 0.482 e. The number of amides is 1. The maximum atomic E-state index is 13.1. The van der Waals surface area contributed by atoms with Crippen LogP contribution >= 0.6 is 46.4 Å². The fourth-order valence-electron chi connectivity index (χ4n) is 3.39. The molecule has 172 valence electrons. The van der Waals surface area contributed by atoms with E-state index in [2.05, 4.69) is 5.32 Å². The summed E-state index contributed by atoms with van der Waals surface area (Å²) < 4.78 is 33.1. The van der Waals surface area contributed by atoms with E-state index >= 15 is 0 Å². The summed E-state index contributed by atoms with van der Waals surface area (Å²) in [6.45, 7) is -0.0309. The zero-order valence-corrected chi connectivity index (χ0v) is 20.7. The fourth-order valence-corrected chi connectivity index (χ4v) is 5.82. The summed E-state index contributed by atoms with van der Waals surface area (Å²) in [6.07, 6.45) is 0.641. The Hall–Kier alpha value is -2.16. The SMILES string of the molecule is O=C(COc1ccc(S(=O)(=O)N2CCc3ccccc32)cc1Cl)Nc1cc(Cl)c(Cl)cc1Cl. The minimum Gasteiger partial charge on any atom is -0.482 e. The van der Waals surface area contributed by atoms with Crippen LogP contribution in [0.25, 0.3) is 0 Å². The molecule has 1 aliphatic rings. The van der Waals surface area contributed by atoms with Crippen LogP contribution in [0.1, 0.15) is 5.56 Å². The molecule has 0 spiro atoms. The molecule has 1 aliphatic heterocycles. The molecule has 11 heteroatoms. The van der Waals surface area contributed by atoms with Crippen molar-refractivity contribution in [2.45, 2.75) is 11.3 Å². The first-order valence-electron chi connectivity index (χ1n) is 9.64. The Morgan fingerprint density at radius 3 is 2.42 bits per heavy atom. The summed E-state index contributed by atoms with van der Waals surface area (Å²) in [7, 11) is -3.80. The van der Waals surface area contributed by atoms with Crippen LogP contribution < -0.4 is 14.4 Å². The number of rotatable bonds is 6. The molecular formula is C22H16Cl4N2O4S. The fraction of sp³-hybridized carbons (Fsp3) is 0.136. The van der Waals surface area contributed by atoms with E-state index in [1.165, 1.54) is 34.6 Å². The van der Waals surface area contributed by atoms with Gasteiger partial charge in [-0.15, -0.1) is 0 Å². The molecule has 0 bridgehead atoms. The van der Waals surface area contributed by atoms with Gasteiger partial charge in [-0.05, 0) is 48.4 Å². The van der Waals surface area contributed by atoms with Gasteiger partial charge in [0.25, 0.3) is 15.9 Å². The van der Waals surface area contributed by atoms with Gasteiger partial charge < -0.3 is 10.1 Å². The van der Waals surface area contributed by atoms with Crippen molar-refractivity contribution in [2.24, 2.45) is 0 Å². The molecule has 0 aliphatic carbocycles. The van der Waals surface area contributed by atoms with Crippen molar-refractivity contribution in [2.75, 3.05) is 22.8 Å². The van der Waals surface area contributed by atoms with Crippen LogP contribution in [0, 0.1) is 0 Å². The zero-order chi connectivity index (χ0) is 23.8. The molecule has 0 saturated heterocycles. The van der Waals surface area contributed by atoms with Gasteiger partial charge in [0, 0.05) is 6.54 Å². The lowest BCUT2D eigenvalue weighted by Crippen LogP contribution is -2.29. The van der Waals surface area contributed by atoms with E-state index in [0.29, 0.717) is 18.7 Å². The molecule has 3 aromatic carbocycles. The third-order valence-corrected chi connectivity index (χ3v) is 8.12. The van der Waals surface area contributed by atoms with Crippen molar-refractivity contribution in [3.63, 3.8) is 0 Å². The monoisotopic (exact) mass is 544 g/mol. The number of halogens is 4. The molecule has 0 aromatic heterocycles. The number of nitrogens with zero attached hydrogens (tertiary/aromatic N) is 1. The van der Waals surface area contributed by atoms with Crippen LogP contribution in [0.2, 0.25) is 20.1 Å². The van der Waals surface area contributed by atoms with Crippen LogP contribution in [0.4, 0.5) is 11.4 Å². The molecule has 3 aromatic rings. The van der Waals surface area contributed by atoms with E-state index in [0.717, 1.165) is 5.56 Å². The summed E-state index contributed by atoms with van der Waals surface area (Å²) in [6, 6.07) is 14.3. The van der Waals surface area contributed by atoms with Gasteiger partial charge in [0.1, 0.15) is 5.75 Å². The quantitative estimate of drug-likeness (QED) is 0.381. The molecule has 4 rings (SSSR count). The first-order chi connectivity index (χ1) is 15.7. The summed E-state index contributed by atoms with van der Waals surface area (Å²) in [5.41, 5.74) is 1.91.